The predicted molar refractivity (Wildman–Crippen MR) is 125 cm³/mol. The molecule has 4 aromatic rings. The molecule has 0 spiro atoms. The number of benzene rings is 2. The van der Waals surface area contributed by atoms with Crippen molar-refractivity contribution < 1.29 is 14.3 Å². The zero-order valence-electron chi connectivity index (χ0n) is 19.1. The summed E-state index contributed by atoms with van der Waals surface area (Å²) in [7, 11) is 2.06. The van der Waals surface area contributed by atoms with Gasteiger partial charge in [0.05, 0.1) is 11.7 Å². The van der Waals surface area contributed by atoms with E-state index in [2.05, 4.69) is 43.8 Å². The first kappa shape index (κ1) is 21.2. The van der Waals surface area contributed by atoms with Crippen LogP contribution in [0, 0.1) is 0 Å². The molecule has 2 aromatic carbocycles. The largest absolute Gasteiger partial charge is 0.454 e. The van der Waals surface area contributed by atoms with Crippen molar-refractivity contribution in [3.63, 3.8) is 0 Å². The van der Waals surface area contributed by atoms with Gasteiger partial charge in [-0.25, -0.2) is 0 Å². The molecule has 176 valence electrons. The van der Waals surface area contributed by atoms with Crippen LogP contribution in [0.5, 0.6) is 11.5 Å². The molecule has 0 fully saturated rings. The average molecular weight is 470 g/mol. The smallest absolute Gasteiger partial charge is 0.251 e. The van der Waals surface area contributed by atoms with Crippen molar-refractivity contribution in [2.45, 2.75) is 19.0 Å². The third-order valence-corrected chi connectivity index (χ3v) is 6.39. The number of amides is 1. The summed E-state index contributed by atoms with van der Waals surface area (Å²) in [6.45, 7) is 1.51. The maximum Gasteiger partial charge on any atom is 0.251 e. The molecule has 0 saturated heterocycles. The molecule has 1 amide bonds. The number of carbonyl (C=O) groups is 1. The third-order valence-electron chi connectivity index (χ3n) is 6.39. The molecule has 0 saturated carbocycles. The first-order chi connectivity index (χ1) is 17.2. The summed E-state index contributed by atoms with van der Waals surface area (Å²) in [5, 5.41) is 15.5. The molecule has 35 heavy (non-hydrogen) atoms. The molecule has 2 aliphatic heterocycles. The maximum atomic E-state index is 12.6. The highest BCUT2D eigenvalue weighted by molar-refractivity contribution is 5.94. The molecule has 2 aromatic heterocycles. The number of ether oxygens (including phenoxy) is 2. The SMILES string of the molecule is CN1CCc2cc3c(cc2[C@@H]1c1nnnn1-c1ccc(C(=O)NCc2cccnc2)cc1)OCO3. The zero-order valence-corrected chi connectivity index (χ0v) is 19.1. The summed E-state index contributed by atoms with van der Waals surface area (Å²) in [4.78, 5) is 18.9. The molecule has 10 nitrogen and oxygen atoms in total. The van der Waals surface area contributed by atoms with Crippen molar-refractivity contribution in [3.05, 3.63) is 89.0 Å². The van der Waals surface area contributed by atoms with Crippen molar-refractivity contribution in [1.29, 1.82) is 0 Å². The van der Waals surface area contributed by atoms with E-state index >= 15 is 0 Å². The van der Waals surface area contributed by atoms with Gasteiger partial charge in [0.15, 0.2) is 17.3 Å². The van der Waals surface area contributed by atoms with Gasteiger partial charge in [0.2, 0.25) is 6.79 Å². The Bertz CT molecular complexity index is 1370. The fraction of sp³-hybridized carbons (Fsp3) is 0.240. The number of fused-ring (bicyclic) bond motifs is 2. The van der Waals surface area contributed by atoms with E-state index in [-0.39, 0.29) is 18.7 Å². The number of aromatic nitrogens is 5. The van der Waals surface area contributed by atoms with Crippen LogP contribution in [0.3, 0.4) is 0 Å². The second-order valence-corrected chi connectivity index (χ2v) is 8.58. The fourth-order valence-electron chi connectivity index (χ4n) is 4.56. The van der Waals surface area contributed by atoms with Crippen LogP contribution in [0.1, 0.15) is 38.9 Å². The van der Waals surface area contributed by atoms with Gasteiger partial charge >= 0.3 is 0 Å². The zero-order chi connectivity index (χ0) is 23.8. The third kappa shape index (κ3) is 3.97. The summed E-state index contributed by atoms with van der Waals surface area (Å²) < 4.78 is 12.9. The Kier molecular flexibility index (Phi) is 5.34. The van der Waals surface area contributed by atoms with Crippen LogP contribution in [0.15, 0.2) is 60.9 Å². The Morgan fingerprint density at radius 3 is 2.77 bits per heavy atom. The van der Waals surface area contributed by atoms with Crippen molar-refractivity contribution in [1.82, 2.24) is 35.4 Å². The number of rotatable bonds is 5. The second-order valence-electron chi connectivity index (χ2n) is 8.58. The number of hydrogen-bond donors (Lipinski definition) is 1. The number of hydrogen-bond acceptors (Lipinski definition) is 8. The van der Waals surface area contributed by atoms with Crippen LogP contribution in [0.2, 0.25) is 0 Å². The number of likely N-dealkylation sites (N-methyl/N-ethyl adjacent to an activating group) is 1. The minimum absolute atomic E-state index is 0.147. The lowest BCUT2D eigenvalue weighted by atomic mass is 9.91. The average Bonchev–Trinajstić information content (AvgIpc) is 3.56. The van der Waals surface area contributed by atoms with E-state index in [1.807, 2.05) is 30.3 Å². The molecule has 0 aliphatic carbocycles. The highest BCUT2D eigenvalue weighted by atomic mass is 16.7. The van der Waals surface area contributed by atoms with E-state index in [0.29, 0.717) is 17.9 Å². The van der Waals surface area contributed by atoms with E-state index < -0.39 is 0 Å². The van der Waals surface area contributed by atoms with Gasteiger partial charge in [0.1, 0.15) is 0 Å². The van der Waals surface area contributed by atoms with E-state index in [0.717, 1.165) is 41.3 Å². The standard InChI is InChI=1S/C25H23N7O3/c1-31-10-8-18-11-21-22(35-15-34-21)12-20(18)23(31)24-28-29-30-32(24)19-6-4-17(5-7-19)25(33)27-14-16-3-2-9-26-13-16/h2-7,9,11-13,23H,8,10,14-15H2,1H3,(H,27,33)/t23-/m1/s1. The van der Waals surface area contributed by atoms with Crippen molar-refractivity contribution in [2.75, 3.05) is 20.4 Å². The minimum atomic E-state index is -0.158. The Hall–Kier alpha value is -4.31. The molecule has 2 aliphatic rings. The van der Waals surface area contributed by atoms with Gasteiger partial charge in [-0.05, 0) is 83.1 Å². The lowest BCUT2D eigenvalue weighted by Gasteiger charge is -2.33. The van der Waals surface area contributed by atoms with E-state index in [1.54, 1.807) is 29.2 Å². The summed E-state index contributed by atoms with van der Waals surface area (Å²) in [6, 6.07) is 15.0. The minimum Gasteiger partial charge on any atom is -0.454 e. The highest BCUT2D eigenvalue weighted by Gasteiger charge is 2.33. The Morgan fingerprint density at radius 2 is 1.97 bits per heavy atom. The van der Waals surface area contributed by atoms with Crippen LogP contribution in [-0.2, 0) is 13.0 Å². The lowest BCUT2D eigenvalue weighted by Crippen LogP contribution is -2.34. The molecular formula is C25H23N7O3. The summed E-state index contributed by atoms with van der Waals surface area (Å²) in [5.74, 6) is 2.06. The van der Waals surface area contributed by atoms with Crippen LogP contribution in [0.25, 0.3) is 5.69 Å². The quantitative estimate of drug-likeness (QED) is 0.475. The Labute approximate surface area is 201 Å². The van der Waals surface area contributed by atoms with Crippen molar-refractivity contribution in [3.8, 4) is 17.2 Å². The molecular weight excluding hydrogens is 446 g/mol. The maximum absolute atomic E-state index is 12.6. The highest BCUT2D eigenvalue weighted by Crippen LogP contribution is 2.41. The van der Waals surface area contributed by atoms with Gasteiger partial charge < -0.3 is 14.8 Å². The molecule has 1 atom stereocenters. The summed E-state index contributed by atoms with van der Waals surface area (Å²) in [6.07, 6.45) is 4.34. The van der Waals surface area contributed by atoms with Gasteiger partial charge in [-0.1, -0.05) is 6.07 Å². The number of nitrogens with one attached hydrogen (secondary N) is 1. The van der Waals surface area contributed by atoms with Crippen molar-refractivity contribution in [2.24, 2.45) is 0 Å². The predicted octanol–water partition coefficient (Wildman–Crippen LogP) is 2.29. The molecule has 10 heteroatoms. The van der Waals surface area contributed by atoms with Crippen LogP contribution >= 0.6 is 0 Å². The fourth-order valence-corrected chi connectivity index (χ4v) is 4.56. The summed E-state index contributed by atoms with van der Waals surface area (Å²) in [5.41, 5.74) is 4.57. The van der Waals surface area contributed by atoms with Crippen LogP contribution < -0.4 is 14.8 Å². The number of pyridine rings is 1. The number of nitrogens with zero attached hydrogens (tertiary/aromatic N) is 6. The van der Waals surface area contributed by atoms with Gasteiger partial charge in [-0.3, -0.25) is 14.7 Å². The van der Waals surface area contributed by atoms with E-state index in [1.165, 1.54) is 5.56 Å². The van der Waals surface area contributed by atoms with Gasteiger partial charge in [0.25, 0.3) is 5.91 Å². The van der Waals surface area contributed by atoms with E-state index in [9.17, 15) is 4.79 Å². The normalized spacial score (nSPS) is 16.7. The summed E-state index contributed by atoms with van der Waals surface area (Å²) >= 11 is 0. The first-order valence-electron chi connectivity index (χ1n) is 11.4. The molecule has 1 N–H and O–H groups in total. The van der Waals surface area contributed by atoms with Gasteiger partial charge in [-0.2, -0.15) is 4.68 Å². The van der Waals surface area contributed by atoms with Gasteiger partial charge in [0, 0.05) is 31.0 Å². The second kappa shape index (κ2) is 8.80. The molecule has 6 rings (SSSR count). The lowest BCUT2D eigenvalue weighted by molar-refractivity contribution is 0.0951. The Morgan fingerprint density at radius 1 is 1.14 bits per heavy atom. The monoisotopic (exact) mass is 469 g/mol. The first-order valence-corrected chi connectivity index (χ1v) is 11.4. The van der Waals surface area contributed by atoms with Crippen molar-refractivity contribution >= 4 is 5.91 Å². The molecule has 0 radical (unpaired) electrons. The number of carbonyl (C=O) groups excluding carboxylic acids is 1. The van der Waals surface area contributed by atoms with E-state index in [4.69, 9.17) is 9.47 Å². The molecule has 0 unspecified atom stereocenters. The number of tetrazole rings is 1. The van der Waals surface area contributed by atoms with Crippen LogP contribution in [-0.4, -0.2) is 56.4 Å². The molecule has 0 bridgehead atoms. The van der Waals surface area contributed by atoms with Gasteiger partial charge in [-0.15, -0.1) is 5.10 Å². The van der Waals surface area contributed by atoms with Crippen LogP contribution in [0.4, 0.5) is 0 Å². The molecule has 4 heterocycles. The Balaban J connectivity index is 1.26. The topological polar surface area (TPSA) is 107 Å².